The quantitative estimate of drug-likeness (QED) is 0.879. The molecule has 134 valence electrons. The molecule has 0 spiro atoms. The van der Waals surface area contributed by atoms with E-state index in [-0.39, 0.29) is 17.4 Å². The minimum atomic E-state index is -0.242. The molecule has 1 saturated heterocycles. The molecule has 5 heteroatoms. The van der Waals surface area contributed by atoms with Crippen molar-refractivity contribution < 1.29 is 4.79 Å². The lowest BCUT2D eigenvalue weighted by atomic mass is 9.72. The maximum atomic E-state index is 12.8. The zero-order valence-corrected chi connectivity index (χ0v) is 15.2. The van der Waals surface area contributed by atoms with E-state index in [9.17, 15) is 4.79 Å². The molecule has 1 aromatic heterocycles. The van der Waals surface area contributed by atoms with Crippen molar-refractivity contribution in [1.29, 1.82) is 0 Å². The van der Waals surface area contributed by atoms with Crippen LogP contribution in [0.2, 0.25) is 0 Å². The molecular weight excluding hydrogens is 312 g/mol. The number of hydrogen-bond acceptors (Lipinski definition) is 3. The van der Waals surface area contributed by atoms with Gasteiger partial charge < -0.3 is 10.2 Å². The first-order valence-electron chi connectivity index (χ1n) is 9.15. The molecule has 0 unspecified atom stereocenters. The summed E-state index contributed by atoms with van der Waals surface area (Å²) in [6, 6.07) is 12.2. The number of likely N-dealkylation sites (tertiary alicyclic amines) is 1. The van der Waals surface area contributed by atoms with Crippen molar-refractivity contribution in [2.45, 2.75) is 37.6 Å². The van der Waals surface area contributed by atoms with E-state index in [1.807, 2.05) is 19.2 Å². The maximum absolute atomic E-state index is 12.8. The summed E-state index contributed by atoms with van der Waals surface area (Å²) in [4.78, 5) is 15.1. The van der Waals surface area contributed by atoms with Crippen LogP contribution in [0.1, 0.15) is 37.8 Å². The Balaban J connectivity index is 1.74. The van der Waals surface area contributed by atoms with Crippen LogP contribution in [-0.4, -0.2) is 47.3 Å². The molecule has 1 aliphatic rings. The number of nitrogens with zero attached hydrogens (tertiary/aromatic N) is 3. The van der Waals surface area contributed by atoms with Gasteiger partial charge in [-0.3, -0.25) is 9.48 Å². The third-order valence-electron chi connectivity index (χ3n) is 5.46. The van der Waals surface area contributed by atoms with Crippen LogP contribution in [-0.2, 0) is 10.2 Å². The van der Waals surface area contributed by atoms with Crippen LogP contribution < -0.4 is 5.32 Å². The Kier molecular flexibility index (Phi) is 5.53. The second-order valence-corrected chi connectivity index (χ2v) is 7.08. The van der Waals surface area contributed by atoms with Crippen molar-refractivity contribution in [1.82, 2.24) is 20.0 Å². The van der Waals surface area contributed by atoms with Crippen LogP contribution in [0.3, 0.4) is 0 Å². The van der Waals surface area contributed by atoms with Crippen molar-refractivity contribution in [3.63, 3.8) is 0 Å². The summed E-state index contributed by atoms with van der Waals surface area (Å²) in [5, 5.41) is 7.47. The molecule has 1 atom stereocenters. The summed E-state index contributed by atoms with van der Waals surface area (Å²) in [6.45, 7) is 4.82. The number of nitrogens with one attached hydrogen (secondary N) is 1. The fourth-order valence-electron chi connectivity index (χ4n) is 3.74. The van der Waals surface area contributed by atoms with E-state index in [0.717, 1.165) is 32.4 Å². The lowest BCUT2D eigenvalue weighted by Gasteiger charge is -2.41. The summed E-state index contributed by atoms with van der Waals surface area (Å²) >= 11 is 0. The largest absolute Gasteiger partial charge is 0.353 e. The highest BCUT2D eigenvalue weighted by molar-refractivity contribution is 5.80. The normalized spacial score (nSPS) is 18.6. The number of hydrogen-bond donors (Lipinski definition) is 1. The summed E-state index contributed by atoms with van der Waals surface area (Å²) < 4.78 is 1.75. The Labute approximate surface area is 150 Å². The van der Waals surface area contributed by atoms with Crippen LogP contribution in [0.25, 0.3) is 0 Å². The Hall–Kier alpha value is -2.14. The van der Waals surface area contributed by atoms with Crippen LogP contribution in [0, 0.1) is 0 Å². The second kappa shape index (κ2) is 7.83. The summed E-state index contributed by atoms with van der Waals surface area (Å²) in [5.41, 5.74) is 1.35. The topological polar surface area (TPSA) is 50.2 Å². The van der Waals surface area contributed by atoms with Gasteiger partial charge in [0.05, 0.1) is 0 Å². The van der Waals surface area contributed by atoms with E-state index in [0.29, 0.717) is 6.54 Å². The molecule has 3 rings (SSSR count). The number of carbonyl (C=O) groups is 1. The van der Waals surface area contributed by atoms with Crippen molar-refractivity contribution >= 4 is 5.91 Å². The van der Waals surface area contributed by atoms with Gasteiger partial charge in [-0.25, -0.2) is 0 Å². The van der Waals surface area contributed by atoms with Gasteiger partial charge >= 0.3 is 0 Å². The number of aromatic nitrogens is 2. The predicted octanol–water partition coefficient (Wildman–Crippen LogP) is 2.61. The SMILES string of the molecule is CC[C@H](C(=O)NCC1(c2ccccc2)CCN(C)CC1)n1cccn1. The number of piperidine rings is 1. The molecule has 1 aromatic carbocycles. The molecule has 5 nitrogen and oxygen atoms in total. The predicted molar refractivity (Wildman–Crippen MR) is 99.4 cm³/mol. The highest BCUT2D eigenvalue weighted by Crippen LogP contribution is 2.34. The van der Waals surface area contributed by atoms with Crippen LogP contribution >= 0.6 is 0 Å². The van der Waals surface area contributed by atoms with Crippen molar-refractivity contribution in [2.24, 2.45) is 0 Å². The van der Waals surface area contributed by atoms with Gasteiger partial charge in [0.1, 0.15) is 6.04 Å². The van der Waals surface area contributed by atoms with E-state index in [4.69, 9.17) is 0 Å². The van der Waals surface area contributed by atoms with Gasteiger partial charge in [0.2, 0.25) is 5.91 Å². The van der Waals surface area contributed by atoms with Crippen LogP contribution in [0.4, 0.5) is 0 Å². The average Bonchev–Trinajstić information content (AvgIpc) is 3.17. The third kappa shape index (κ3) is 3.93. The molecule has 0 aliphatic carbocycles. The molecule has 1 aliphatic heterocycles. The Bertz CT molecular complexity index is 660. The molecule has 0 saturated carbocycles. The summed E-state index contributed by atoms with van der Waals surface area (Å²) in [6.07, 6.45) is 6.43. The smallest absolute Gasteiger partial charge is 0.244 e. The zero-order valence-electron chi connectivity index (χ0n) is 15.2. The number of rotatable bonds is 6. The fourth-order valence-corrected chi connectivity index (χ4v) is 3.74. The van der Waals surface area contributed by atoms with Gasteiger partial charge in [-0.15, -0.1) is 0 Å². The monoisotopic (exact) mass is 340 g/mol. The maximum Gasteiger partial charge on any atom is 0.244 e. The zero-order chi connectivity index (χ0) is 17.7. The molecule has 2 aromatic rings. The molecular formula is C20H28N4O. The van der Waals surface area contributed by atoms with Gasteiger partial charge in [-0.05, 0) is 51.0 Å². The minimum absolute atomic E-state index is 0.0197. The number of carbonyl (C=O) groups excluding carboxylic acids is 1. The van der Waals surface area contributed by atoms with Crippen LogP contribution in [0.5, 0.6) is 0 Å². The second-order valence-electron chi connectivity index (χ2n) is 7.08. The highest BCUT2D eigenvalue weighted by atomic mass is 16.2. The lowest BCUT2D eigenvalue weighted by Crippen LogP contribution is -2.49. The fraction of sp³-hybridized carbons (Fsp3) is 0.500. The van der Waals surface area contributed by atoms with Crippen molar-refractivity contribution in [3.05, 3.63) is 54.4 Å². The van der Waals surface area contributed by atoms with E-state index in [2.05, 4.69) is 52.7 Å². The average molecular weight is 340 g/mol. The van der Waals surface area contributed by atoms with Gasteiger partial charge in [0.25, 0.3) is 0 Å². The first-order valence-corrected chi connectivity index (χ1v) is 9.15. The molecule has 0 radical (unpaired) electrons. The first-order chi connectivity index (χ1) is 12.1. The molecule has 2 heterocycles. The molecule has 0 bridgehead atoms. The van der Waals surface area contributed by atoms with Crippen LogP contribution in [0.15, 0.2) is 48.8 Å². The summed E-state index contributed by atoms with van der Waals surface area (Å²) in [5.74, 6) is 0.0560. The summed E-state index contributed by atoms with van der Waals surface area (Å²) in [7, 11) is 2.17. The van der Waals surface area contributed by atoms with Gasteiger partial charge in [-0.1, -0.05) is 37.3 Å². The molecule has 1 amide bonds. The van der Waals surface area contributed by atoms with E-state index in [1.54, 1.807) is 10.9 Å². The molecule has 1 fully saturated rings. The minimum Gasteiger partial charge on any atom is -0.353 e. The standard InChI is InChI=1S/C20H28N4O/c1-3-18(24-13-7-12-22-24)19(25)21-16-20(10-14-23(2)15-11-20)17-8-5-4-6-9-17/h4-9,12-13,18H,3,10-11,14-16H2,1-2H3,(H,21,25)/t18-/m1/s1. The third-order valence-corrected chi connectivity index (χ3v) is 5.46. The van der Waals surface area contributed by atoms with Gasteiger partial charge in [-0.2, -0.15) is 5.10 Å². The molecule has 25 heavy (non-hydrogen) atoms. The Morgan fingerprint density at radius 2 is 1.96 bits per heavy atom. The van der Waals surface area contributed by atoms with E-state index in [1.165, 1.54) is 5.56 Å². The van der Waals surface area contributed by atoms with Gasteiger partial charge in [0, 0.05) is 24.4 Å². The van der Waals surface area contributed by atoms with E-state index < -0.39 is 0 Å². The highest BCUT2D eigenvalue weighted by Gasteiger charge is 2.36. The van der Waals surface area contributed by atoms with E-state index >= 15 is 0 Å². The number of amides is 1. The molecule has 1 N–H and O–H groups in total. The van der Waals surface area contributed by atoms with Crippen molar-refractivity contribution in [2.75, 3.05) is 26.7 Å². The Morgan fingerprint density at radius 1 is 1.24 bits per heavy atom. The lowest BCUT2D eigenvalue weighted by molar-refractivity contribution is -0.125. The van der Waals surface area contributed by atoms with Crippen molar-refractivity contribution in [3.8, 4) is 0 Å². The van der Waals surface area contributed by atoms with Gasteiger partial charge in [0.15, 0.2) is 0 Å². The number of benzene rings is 1. The first kappa shape index (κ1) is 17.7. The Morgan fingerprint density at radius 3 is 2.56 bits per heavy atom.